The molecule has 11 heavy (non-hydrogen) atoms. The van der Waals surface area contributed by atoms with E-state index in [-0.39, 0.29) is 0 Å². The third kappa shape index (κ3) is 2.38. The second kappa shape index (κ2) is 4.36. The van der Waals surface area contributed by atoms with Gasteiger partial charge < -0.3 is 5.73 Å². The lowest BCUT2D eigenvalue weighted by Crippen LogP contribution is -2.32. The molecule has 66 valence electrons. The highest BCUT2D eigenvalue weighted by Crippen LogP contribution is 2.36. The lowest BCUT2D eigenvalue weighted by molar-refractivity contribution is 0.271. The average molecular weight is 173 g/mol. The first-order valence-electron chi connectivity index (χ1n) is 4.53. The summed E-state index contributed by atoms with van der Waals surface area (Å²) >= 11 is 2.08. The zero-order valence-electron chi connectivity index (χ0n) is 7.55. The maximum Gasteiger partial charge on any atom is -0.00284 e. The van der Waals surface area contributed by atoms with Gasteiger partial charge in [-0.25, -0.2) is 0 Å². The van der Waals surface area contributed by atoms with Gasteiger partial charge in [-0.2, -0.15) is 11.8 Å². The predicted octanol–water partition coefficient (Wildman–Crippen LogP) is 1.97. The minimum atomic E-state index is 0.824. The van der Waals surface area contributed by atoms with Crippen LogP contribution in [0.3, 0.4) is 0 Å². The van der Waals surface area contributed by atoms with Crippen molar-refractivity contribution in [2.24, 2.45) is 23.5 Å². The molecule has 0 aromatic heterocycles. The minimum absolute atomic E-state index is 0.824. The molecule has 2 heteroatoms. The van der Waals surface area contributed by atoms with Crippen molar-refractivity contribution in [2.45, 2.75) is 20.3 Å². The molecule has 1 atom stereocenters. The molecule has 1 saturated heterocycles. The summed E-state index contributed by atoms with van der Waals surface area (Å²) in [6, 6.07) is 0. The van der Waals surface area contributed by atoms with E-state index < -0.39 is 0 Å². The van der Waals surface area contributed by atoms with Crippen LogP contribution in [0.15, 0.2) is 0 Å². The Hall–Kier alpha value is 0.310. The van der Waals surface area contributed by atoms with Crippen molar-refractivity contribution >= 4 is 11.8 Å². The molecule has 0 bridgehead atoms. The van der Waals surface area contributed by atoms with Crippen LogP contribution in [0, 0.1) is 17.8 Å². The topological polar surface area (TPSA) is 26.0 Å². The van der Waals surface area contributed by atoms with Crippen molar-refractivity contribution in [1.29, 1.82) is 0 Å². The first-order chi connectivity index (χ1) is 5.25. The first kappa shape index (κ1) is 9.40. The Morgan fingerprint density at radius 1 is 1.45 bits per heavy atom. The zero-order valence-corrected chi connectivity index (χ0v) is 8.36. The van der Waals surface area contributed by atoms with Crippen LogP contribution in [0.5, 0.6) is 0 Å². The lowest BCUT2D eigenvalue weighted by atomic mass is 9.82. The van der Waals surface area contributed by atoms with Crippen LogP contribution in [0.2, 0.25) is 0 Å². The number of nitrogens with two attached hydrogens (primary N) is 1. The van der Waals surface area contributed by atoms with Crippen LogP contribution >= 0.6 is 11.8 Å². The van der Waals surface area contributed by atoms with E-state index in [1.165, 1.54) is 17.9 Å². The Kier molecular flexibility index (Phi) is 3.73. The van der Waals surface area contributed by atoms with E-state index in [2.05, 4.69) is 25.6 Å². The molecular weight excluding hydrogens is 154 g/mol. The van der Waals surface area contributed by atoms with E-state index >= 15 is 0 Å². The molecular formula is C9H19NS. The van der Waals surface area contributed by atoms with Crippen LogP contribution < -0.4 is 5.73 Å². The molecule has 0 aliphatic carbocycles. The van der Waals surface area contributed by atoms with Gasteiger partial charge in [0.2, 0.25) is 0 Å². The Labute approximate surface area is 74.1 Å². The fourth-order valence-corrected chi connectivity index (χ4v) is 2.81. The van der Waals surface area contributed by atoms with Crippen LogP contribution in [0.4, 0.5) is 0 Å². The summed E-state index contributed by atoms with van der Waals surface area (Å²) in [5.74, 6) is 5.44. The van der Waals surface area contributed by atoms with Gasteiger partial charge in [-0.15, -0.1) is 0 Å². The molecule has 0 aromatic carbocycles. The van der Waals surface area contributed by atoms with E-state index in [9.17, 15) is 0 Å². The van der Waals surface area contributed by atoms with Gasteiger partial charge >= 0.3 is 0 Å². The quantitative estimate of drug-likeness (QED) is 0.703. The second-order valence-electron chi connectivity index (χ2n) is 3.78. The highest BCUT2D eigenvalue weighted by Gasteiger charge is 2.28. The molecule has 1 unspecified atom stereocenters. The summed E-state index contributed by atoms with van der Waals surface area (Å²) in [4.78, 5) is 0. The van der Waals surface area contributed by atoms with Crippen molar-refractivity contribution in [3.63, 3.8) is 0 Å². The SMILES string of the molecule is CC(C)C(CCN)C1CSC1. The van der Waals surface area contributed by atoms with Crippen LogP contribution in [0.1, 0.15) is 20.3 Å². The zero-order chi connectivity index (χ0) is 8.27. The van der Waals surface area contributed by atoms with Crippen molar-refractivity contribution in [1.82, 2.24) is 0 Å². The highest BCUT2D eigenvalue weighted by molar-refractivity contribution is 8.00. The Bertz CT molecular complexity index is 110. The Morgan fingerprint density at radius 3 is 2.36 bits per heavy atom. The standard InChI is InChI=1S/C9H19NS/c1-7(2)9(3-4-10)8-5-11-6-8/h7-9H,3-6,10H2,1-2H3. The van der Waals surface area contributed by atoms with Crippen LogP contribution in [0.25, 0.3) is 0 Å². The summed E-state index contributed by atoms with van der Waals surface area (Å²) in [7, 11) is 0. The smallest absolute Gasteiger partial charge is 0.00284 e. The lowest BCUT2D eigenvalue weighted by Gasteiger charge is -2.35. The molecule has 1 nitrogen and oxygen atoms in total. The maximum absolute atomic E-state index is 5.58. The monoisotopic (exact) mass is 173 g/mol. The normalized spacial score (nSPS) is 21.8. The van der Waals surface area contributed by atoms with E-state index in [1.807, 2.05) is 0 Å². The van der Waals surface area contributed by atoms with E-state index in [0.717, 1.165) is 24.3 Å². The fraction of sp³-hybridized carbons (Fsp3) is 1.00. The molecule has 0 radical (unpaired) electrons. The fourth-order valence-electron chi connectivity index (χ4n) is 1.81. The van der Waals surface area contributed by atoms with Gasteiger partial charge in [0.15, 0.2) is 0 Å². The summed E-state index contributed by atoms with van der Waals surface area (Å²) < 4.78 is 0. The van der Waals surface area contributed by atoms with E-state index in [1.54, 1.807) is 0 Å². The molecule has 1 aliphatic heterocycles. The molecule has 2 N–H and O–H groups in total. The summed E-state index contributed by atoms with van der Waals surface area (Å²) in [6.07, 6.45) is 1.23. The average Bonchev–Trinajstić information content (AvgIpc) is 1.82. The number of thioether (sulfide) groups is 1. The van der Waals surface area contributed by atoms with Crippen molar-refractivity contribution in [3.8, 4) is 0 Å². The minimum Gasteiger partial charge on any atom is -0.330 e. The van der Waals surface area contributed by atoms with E-state index in [4.69, 9.17) is 5.73 Å². The predicted molar refractivity (Wildman–Crippen MR) is 52.8 cm³/mol. The summed E-state index contributed by atoms with van der Waals surface area (Å²) in [5, 5.41) is 0. The third-order valence-corrected chi connectivity index (χ3v) is 3.95. The Balaban J connectivity index is 2.31. The van der Waals surface area contributed by atoms with Gasteiger partial charge in [0, 0.05) is 0 Å². The maximum atomic E-state index is 5.58. The second-order valence-corrected chi connectivity index (χ2v) is 4.86. The third-order valence-electron chi connectivity index (χ3n) is 2.63. The molecule has 0 saturated carbocycles. The first-order valence-corrected chi connectivity index (χ1v) is 5.69. The van der Waals surface area contributed by atoms with Crippen molar-refractivity contribution in [3.05, 3.63) is 0 Å². The molecule has 1 heterocycles. The number of hydrogen-bond acceptors (Lipinski definition) is 2. The van der Waals surface area contributed by atoms with Crippen LogP contribution in [-0.4, -0.2) is 18.1 Å². The molecule has 0 spiro atoms. The Morgan fingerprint density at radius 2 is 2.09 bits per heavy atom. The summed E-state index contributed by atoms with van der Waals surface area (Å²) in [5.41, 5.74) is 5.58. The van der Waals surface area contributed by atoms with Crippen molar-refractivity contribution < 1.29 is 0 Å². The highest BCUT2D eigenvalue weighted by atomic mass is 32.2. The molecule has 0 amide bonds. The number of rotatable bonds is 4. The molecule has 1 fully saturated rings. The van der Waals surface area contributed by atoms with Crippen molar-refractivity contribution in [2.75, 3.05) is 18.1 Å². The van der Waals surface area contributed by atoms with Gasteiger partial charge in [-0.05, 0) is 42.2 Å². The molecule has 1 rings (SSSR count). The van der Waals surface area contributed by atoms with Gasteiger partial charge in [-0.1, -0.05) is 13.8 Å². The molecule has 0 aromatic rings. The van der Waals surface area contributed by atoms with Gasteiger partial charge in [-0.3, -0.25) is 0 Å². The van der Waals surface area contributed by atoms with E-state index in [0.29, 0.717) is 0 Å². The van der Waals surface area contributed by atoms with Crippen LogP contribution in [-0.2, 0) is 0 Å². The van der Waals surface area contributed by atoms with Gasteiger partial charge in [0.1, 0.15) is 0 Å². The van der Waals surface area contributed by atoms with Gasteiger partial charge in [0.05, 0.1) is 0 Å². The molecule has 1 aliphatic rings. The van der Waals surface area contributed by atoms with Gasteiger partial charge in [0.25, 0.3) is 0 Å². The largest absolute Gasteiger partial charge is 0.330 e. The number of hydrogen-bond donors (Lipinski definition) is 1. The summed E-state index contributed by atoms with van der Waals surface area (Å²) in [6.45, 7) is 5.51.